The van der Waals surface area contributed by atoms with Gasteiger partial charge < -0.3 is 11.1 Å². The molecule has 0 radical (unpaired) electrons. The normalized spacial score (nSPS) is 13.3. The lowest BCUT2D eigenvalue weighted by atomic mass is 10.0. The average Bonchev–Trinajstić information content (AvgIpc) is 2.43. The Kier molecular flexibility index (Phi) is 7.86. The van der Waals surface area contributed by atoms with Crippen molar-refractivity contribution in [2.75, 3.05) is 0 Å². The Morgan fingerprint density at radius 3 is 2.25 bits per heavy atom. The van der Waals surface area contributed by atoms with E-state index in [9.17, 15) is 13.2 Å². The lowest BCUT2D eigenvalue weighted by molar-refractivity contribution is -0.122. The lowest BCUT2D eigenvalue weighted by Gasteiger charge is -2.16. The van der Waals surface area contributed by atoms with Gasteiger partial charge in [-0.15, -0.1) is 0 Å². The summed E-state index contributed by atoms with van der Waals surface area (Å²) in [6.45, 7) is 7.83. The summed E-state index contributed by atoms with van der Waals surface area (Å²) in [6, 6.07) is 6.47. The molecule has 0 bridgehead atoms. The predicted molar refractivity (Wildman–Crippen MR) is 96.6 cm³/mol. The Balaban J connectivity index is 2.75. The summed E-state index contributed by atoms with van der Waals surface area (Å²) in [6.07, 6.45) is 0.611. The third kappa shape index (κ3) is 7.42. The molecular weight excluding hydrogens is 326 g/mol. The van der Waals surface area contributed by atoms with Gasteiger partial charge in [0.2, 0.25) is 15.9 Å². The largest absolute Gasteiger partial charge is 0.351 e. The van der Waals surface area contributed by atoms with Gasteiger partial charge in [0.1, 0.15) is 0 Å². The summed E-state index contributed by atoms with van der Waals surface area (Å²) in [5.74, 6) is 0.00175. The fraction of sp³-hybridized carbons (Fsp3) is 0.588. The van der Waals surface area contributed by atoms with Gasteiger partial charge in [-0.05, 0) is 37.3 Å². The molecule has 0 fully saturated rings. The lowest BCUT2D eigenvalue weighted by Crippen LogP contribution is -2.41. The van der Waals surface area contributed by atoms with E-state index in [1.807, 2.05) is 26.0 Å². The molecule has 0 aliphatic heterocycles. The Morgan fingerprint density at radius 1 is 1.12 bits per heavy atom. The summed E-state index contributed by atoms with van der Waals surface area (Å²) in [4.78, 5) is 12.0. The smallest absolute Gasteiger partial charge is 0.237 e. The minimum Gasteiger partial charge on any atom is -0.351 e. The summed E-state index contributed by atoms with van der Waals surface area (Å²) in [5.41, 5.74) is 7.30. The molecule has 0 unspecified atom stereocenters. The monoisotopic (exact) mass is 355 g/mol. The first-order valence-electron chi connectivity index (χ1n) is 8.20. The topological polar surface area (TPSA) is 101 Å². The predicted octanol–water partition coefficient (Wildman–Crippen LogP) is 1.50. The maximum Gasteiger partial charge on any atom is 0.237 e. The minimum absolute atomic E-state index is 0.116. The van der Waals surface area contributed by atoms with Gasteiger partial charge in [-0.3, -0.25) is 4.79 Å². The van der Waals surface area contributed by atoms with Gasteiger partial charge in [0.15, 0.2) is 0 Å². The van der Waals surface area contributed by atoms with Crippen LogP contribution in [-0.2, 0) is 27.1 Å². The Labute approximate surface area is 145 Å². The van der Waals surface area contributed by atoms with E-state index in [1.54, 1.807) is 26.0 Å². The number of hydrogen-bond donors (Lipinski definition) is 3. The molecule has 1 aromatic rings. The van der Waals surface area contributed by atoms with Crippen molar-refractivity contribution in [3.05, 3.63) is 35.4 Å². The van der Waals surface area contributed by atoms with Gasteiger partial charge >= 0.3 is 0 Å². The van der Waals surface area contributed by atoms with Crippen LogP contribution >= 0.6 is 0 Å². The van der Waals surface area contributed by atoms with Gasteiger partial charge in [-0.1, -0.05) is 38.1 Å². The first-order chi connectivity index (χ1) is 11.1. The maximum absolute atomic E-state index is 12.1. The van der Waals surface area contributed by atoms with E-state index in [4.69, 9.17) is 5.73 Å². The molecule has 0 saturated carbocycles. The number of amides is 1. The van der Waals surface area contributed by atoms with E-state index < -0.39 is 16.1 Å². The van der Waals surface area contributed by atoms with Crippen LogP contribution in [0.3, 0.4) is 0 Å². The van der Waals surface area contributed by atoms with Gasteiger partial charge in [0.05, 0.1) is 11.8 Å². The van der Waals surface area contributed by atoms with E-state index in [1.165, 1.54) is 0 Å². The number of sulfonamides is 1. The molecule has 4 N–H and O–H groups in total. The zero-order valence-electron chi connectivity index (χ0n) is 14.9. The molecule has 136 valence electrons. The second kappa shape index (κ2) is 9.15. The van der Waals surface area contributed by atoms with Gasteiger partial charge in [0.25, 0.3) is 0 Å². The molecule has 0 spiro atoms. The summed E-state index contributed by atoms with van der Waals surface area (Å²) < 4.78 is 26.8. The fourth-order valence-corrected chi connectivity index (χ4v) is 3.90. The molecule has 7 heteroatoms. The molecule has 0 saturated heterocycles. The van der Waals surface area contributed by atoms with Crippen LogP contribution in [-0.4, -0.2) is 26.4 Å². The highest BCUT2D eigenvalue weighted by Crippen LogP contribution is 2.13. The van der Waals surface area contributed by atoms with E-state index in [0.717, 1.165) is 5.56 Å². The minimum atomic E-state index is -3.41. The Bertz CT molecular complexity index is 642. The zero-order chi connectivity index (χ0) is 18.3. The second-order valence-electron chi connectivity index (χ2n) is 6.75. The van der Waals surface area contributed by atoms with Gasteiger partial charge in [-0.25, -0.2) is 13.1 Å². The molecular formula is C17H29N3O3S. The van der Waals surface area contributed by atoms with Crippen molar-refractivity contribution in [1.82, 2.24) is 10.0 Å². The molecule has 0 aliphatic carbocycles. The van der Waals surface area contributed by atoms with Crippen LogP contribution in [0.4, 0.5) is 0 Å². The number of nitrogens with two attached hydrogens (primary N) is 1. The standard InChI is InChI=1S/C17H29N3O3S/c1-12(2)9-16(18)17(21)19-10-14-7-5-6-8-15(14)11-24(22,23)20-13(3)4/h5-8,12-13,16,20H,9-11,18H2,1-4H3,(H,19,21)/t16-/m0/s1. The number of carbonyl (C=O) groups is 1. The highest BCUT2D eigenvalue weighted by molar-refractivity contribution is 7.88. The van der Waals surface area contributed by atoms with Crippen molar-refractivity contribution in [3.8, 4) is 0 Å². The first kappa shape index (κ1) is 20.6. The number of carbonyl (C=O) groups excluding carboxylic acids is 1. The van der Waals surface area contributed by atoms with Crippen molar-refractivity contribution in [1.29, 1.82) is 0 Å². The van der Waals surface area contributed by atoms with Crippen LogP contribution in [0.5, 0.6) is 0 Å². The third-order valence-electron chi connectivity index (χ3n) is 3.39. The van der Waals surface area contributed by atoms with E-state index in [0.29, 0.717) is 17.9 Å². The molecule has 0 aromatic heterocycles. The van der Waals surface area contributed by atoms with Crippen molar-refractivity contribution in [2.45, 2.75) is 58.5 Å². The zero-order valence-corrected chi connectivity index (χ0v) is 15.7. The van der Waals surface area contributed by atoms with Crippen LogP contribution in [0.1, 0.15) is 45.2 Å². The summed E-state index contributed by atoms with van der Waals surface area (Å²) in [7, 11) is -3.41. The Morgan fingerprint density at radius 2 is 1.71 bits per heavy atom. The van der Waals surface area contributed by atoms with E-state index in [-0.39, 0.29) is 24.2 Å². The van der Waals surface area contributed by atoms with Crippen LogP contribution in [0.2, 0.25) is 0 Å². The molecule has 1 aromatic carbocycles. The van der Waals surface area contributed by atoms with Crippen molar-refractivity contribution >= 4 is 15.9 Å². The van der Waals surface area contributed by atoms with Crippen LogP contribution < -0.4 is 15.8 Å². The van der Waals surface area contributed by atoms with E-state index >= 15 is 0 Å². The quantitative estimate of drug-likeness (QED) is 0.625. The number of nitrogens with one attached hydrogen (secondary N) is 2. The maximum atomic E-state index is 12.1. The SMILES string of the molecule is CC(C)C[C@H](N)C(=O)NCc1ccccc1CS(=O)(=O)NC(C)C. The number of hydrogen-bond acceptors (Lipinski definition) is 4. The Hall–Kier alpha value is -1.44. The summed E-state index contributed by atoms with van der Waals surface area (Å²) in [5, 5.41) is 2.79. The van der Waals surface area contributed by atoms with E-state index in [2.05, 4.69) is 10.0 Å². The van der Waals surface area contributed by atoms with Crippen LogP contribution in [0.25, 0.3) is 0 Å². The second-order valence-corrected chi connectivity index (χ2v) is 8.51. The number of benzene rings is 1. The molecule has 24 heavy (non-hydrogen) atoms. The molecule has 1 rings (SSSR count). The van der Waals surface area contributed by atoms with Crippen LogP contribution in [0, 0.1) is 5.92 Å². The van der Waals surface area contributed by atoms with Crippen molar-refractivity contribution in [2.24, 2.45) is 11.7 Å². The molecule has 0 aliphatic rings. The highest BCUT2D eigenvalue weighted by Gasteiger charge is 2.17. The van der Waals surface area contributed by atoms with Gasteiger partial charge in [-0.2, -0.15) is 0 Å². The average molecular weight is 356 g/mol. The number of rotatable bonds is 9. The summed E-state index contributed by atoms with van der Waals surface area (Å²) >= 11 is 0. The highest BCUT2D eigenvalue weighted by atomic mass is 32.2. The van der Waals surface area contributed by atoms with Crippen molar-refractivity contribution in [3.63, 3.8) is 0 Å². The molecule has 0 heterocycles. The first-order valence-corrected chi connectivity index (χ1v) is 9.86. The fourth-order valence-electron chi connectivity index (χ4n) is 2.40. The third-order valence-corrected chi connectivity index (χ3v) is 4.92. The van der Waals surface area contributed by atoms with Crippen LogP contribution in [0.15, 0.2) is 24.3 Å². The molecule has 1 amide bonds. The molecule has 6 nitrogen and oxygen atoms in total. The van der Waals surface area contributed by atoms with Crippen molar-refractivity contribution < 1.29 is 13.2 Å². The van der Waals surface area contributed by atoms with Gasteiger partial charge in [0, 0.05) is 12.6 Å². The molecule has 1 atom stereocenters.